The van der Waals surface area contributed by atoms with Crippen LogP contribution >= 0.6 is 0 Å². The molecule has 2 heterocycles. The molecule has 1 aromatic heterocycles. The summed E-state index contributed by atoms with van der Waals surface area (Å²) in [4.78, 5) is 16.9. The fraction of sp³-hybridized carbons (Fsp3) is 0.500. The van der Waals surface area contributed by atoms with Gasteiger partial charge in [0, 0.05) is 46.5 Å². The van der Waals surface area contributed by atoms with E-state index in [1.807, 2.05) is 4.90 Å². The van der Waals surface area contributed by atoms with Crippen LogP contribution in [0.5, 0.6) is 5.75 Å². The van der Waals surface area contributed by atoms with E-state index >= 15 is 0 Å². The fourth-order valence-electron chi connectivity index (χ4n) is 3.47. The van der Waals surface area contributed by atoms with Gasteiger partial charge in [0.05, 0.1) is 7.11 Å². The normalized spacial score (nSPS) is 15.0. The van der Waals surface area contributed by atoms with Crippen molar-refractivity contribution in [2.24, 2.45) is 5.92 Å². The first-order chi connectivity index (χ1) is 13.5. The molecule has 1 amide bonds. The first-order valence-electron chi connectivity index (χ1n) is 9.25. The number of halogens is 1. The van der Waals surface area contributed by atoms with Crippen molar-refractivity contribution in [3.8, 4) is 17.1 Å². The van der Waals surface area contributed by atoms with Crippen LogP contribution in [0.1, 0.15) is 23.2 Å². The Balaban J connectivity index is 1.94. The number of likely N-dealkylation sites (tertiary alicyclic amines) is 1. The predicted molar refractivity (Wildman–Crippen MR) is 103 cm³/mol. The zero-order valence-corrected chi connectivity index (χ0v) is 16.7. The van der Waals surface area contributed by atoms with E-state index in [2.05, 4.69) is 5.16 Å². The highest BCUT2D eigenvalue weighted by atomic mass is 19.1. The van der Waals surface area contributed by atoms with Gasteiger partial charge in [-0.2, -0.15) is 0 Å². The molecule has 1 aliphatic heterocycles. The van der Waals surface area contributed by atoms with E-state index in [4.69, 9.17) is 14.0 Å². The molecule has 7 nitrogen and oxygen atoms in total. The zero-order valence-electron chi connectivity index (χ0n) is 16.7. The Morgan fingerprint density at radius 1 is 1.32 bits per heavy atom. The molecule has 0 bridgehead atoms. The lowest BCUT2D eigenvalue weighted by atomic mass is 9.97. The largest absolute Gasteiger partial charge is 0.494 e. The van der Waals surface area contributed by atoms with Gasteiger partial charge in [-0.1, -0.05) is 5.16 Å². The number of ether oxygens (including phenoxy) is 2. The first kappa shape index (κ1) is 20.1. The molecule has 1 aromatic carbocycles. The summed E-state index contributed by atoms with van der Waals surface area (Å²) in [7, 11) is 6.69. The Labute approximate surface area is 164 Å². The number of benzene rings is 1. The molecule has 0 spiro atoms. The minimum atomic E-state index is -0.480. The van der Waals surface area contributed by atoms with Crippen LogP contribution in [0.2, 0.25) is 0 Å². The summed E-state index contributed by atoms with van der Waals surface area (Å²) < 4.78 is 29.6. The summed E-state index contributed by atoms with van der Waals surface area (Å²) in [6.07, 6.45) is 1.78. The fourth-order valence-corrected chi connectivity index (χ4v) is 3.47. The third kappa shape index (κ3) is 3.96. The monoisotopic (exact) mass is 391 g/mol. The predicted octanol–water partition coefficient (Wildman–Crippen LogP) is 3.05. The average molecular weight is 391 g/mol. The van der Waals surface area contributed by atoms with Crippen LogP contribution in [0.4, 0.5) is 10.2 Å². The smallest absolute Gasteiger partial charge is 0.261 e. The van der Waals surface area contributed by atoms with Gasteiger partial charge in [-0.25, -0.2) is 4.39 Å². The molecule has 2 aromatic rings. The lowest BCUT2D eigenvalue weighted by Crippen LogP contribution is -2.39. The van der Waals surface area contributed by atoms with Crippen molar-refractivity contribution in [3.63, 3.8) is 0 Å². The molecular formula is C20H26FN3O4. The average Bonchev–Trinajstić information content (AvgIpc) is 3.14. The van der Waals surface area contributed by atoms with Crippen molar-refractivity contribution < 1.29 is 23.2 Å². The highest BCUT2D eigenvalue weighted by Gasteiger charge is 2.31. The maximum Gasteiger partial charge on any atom is 0.261 e. The highest BCUT2D eigenvalue weighted by Crippen LogP contribution is 2.35. The number of aromatic nitrogens is 1. The Hall–Kier alpha value is -2.61. The molecule has 1 aliphatic rings. The van der Waals surface area contributed by atoms with E-state index in [1.165, 1.54) is 19.2 Å². The van der Waals surface area contributed by atoms with Crippen LogP contribution in [0.15, 0.2) is 22.7 Å². The highest BCUT2D eigenvalue weighted by molar-refractivity contribution is 6.04. The summed E-state index contributed by atoms with van der Waals surface area (Å²) in [5, 5.41) is 4.08. The summed E-state index contributed by atoms with van der Waals surface area (Å²) >= 11 is 0. The molecule has 1 saturated heterocycles. The molecule has 1 fully saturated rings. The van der Waals surface area contributed by atoms with E-state index in [0.29, 0.717) is 48.3 Å². The molecular weight excluding hydrogens is 365 g/mol. The van der Waals surface area contributed by atoms with Crippen molar-refractivity contribution in [3.05, 3.63) is 29.6 Å². The summed E-state index contributed by atoms with van der Waals surface area (Å²) in [6, 6.07) is 4.35. The number of carbonyl (C=O) groups excluding carboxylic acids is 1. The number of methoxy groups -OCH3 is 2. The van der Waals surface area contributed by atoms with Gasteiger partial charge < -0.3 is 23.8 Å². The number of hydrogen-bond donors (Lipinski definition) is 0. The van der Waals surface area contributed by atoms with Crippen LogP contribution < -0.4 is 9.64 Å². The Morgan fingerprint density at radius 3 is 2.64 bits per heavy atom. The first-order valence-corrected chi connectivity index (χ1v) is 9.25. The summed E-state index contributed by atoms with van der Waals surface area (Å²) in [5.41, 5.74) is 0.917. The van der Waals surface area contributed by atoms with Crippen molar-refractivity contribution in [2.45, 2.75) is 12.8 Å². The van der Waals surface area contributed by atoms with E-state index in [0.717, 1.165) is 12.8 Å². The zero-order chi connectivity index (χ0) is 20.3. The number of amides is 1. The van der Waals surface area contributed by atoms with Gasteiger partial charge >= 0.3 is 0 Å². The van der Waals surface area contributed by atoms with Crippen LogP contribution in [-0.2, 0) is 4.74 Å². The number of nitrogens with zero attached hydrogens (tertiary/aromatic N) is 3. The lowest BCUT2D eigenvalue weighted by molar-refractivity contribution is 0.0614. The van der Waals surface area contributed by atoms with Crippen molar-refractivity contribution in [1.29, 1.82) is 0 Å². The van der Waals surface area contributed by atoms with Gasteiger partial charge in [-0.3, -0.25) is 4.79 Å². The SMILES string of the molecule is COCC1CCN(C(=O)c2c(N(C)C)noc2-c2ccc(F)c(OC)c2)CC1. The maximum absolute atomic E-state index is 13.8. The molecule has 3 rings (SSSR count). The van der Waals surface area contributed by atoms with E-state index in [-0.39, 0.29) is 11.7 Å². The molecule has 28 heavy (non-hydrogen) atoms. The molecule has 0 saturated carbocycles. The maximum atomic E-state index is 13.8. The summed E-state index contributed by atoms with van der Waals surface area (Å²) in [5.74, 6) is 0.684. The standard InChI is InChI=1S/C20H26FN3O4/c1-23(2)19-17(20(25)24-9-7-13(8-10-24)12-26-3)18(28-22-19)14-5-6-15(21)16(11-14)27-4/h5-6,11,13H,7-10,12H2,1-4H3. The van der Waals surface area contributed by atoms with Crippen molar-refractivity contribution in [2.75, 3.05) is 52.9 Å². The molecule has 8 heteroatoms. The number of piperidine rings is 1. The molecule has 0 atom stereocenters. The third-order valence-electron chi connectivity index (χ3n) is 5.03. The van der Waals surface area contributed by atoms with Crippen LogP contribution in [-0.4, -0.2) is 64.0 Å². The van der Waals surface area contributed by atoms with Crippen LogP contribution in [0.3, 0.4) is 0 Å². The molecule has 0 radical (unpaired) electrons. The van der Waals surface area contributed by atoms with E-state index < -0.39 is 5.82 Å². The van der Waals surface area contributed by atoms with Gasteiger partial charge in [0.1, 0.15) is 5.56 Å². The molecule has 0 unspecified atom stereocenters. The van der Waals surface area contributed by atoms with Crippen molar-refractivity contribution in [1.82, 2.24) is 10.1 Å². The van der Waals surface area contributed by atoms with Crippen LogP contribution in [0, 0.1) is 11.7 Å². The number of rotatable bonds is 6. The number of hydrogen-bond acceptors (Lipinski definition) is 6. The second-order valence-electron chi connectivity index (χ2n) is 7.14. The van der Waals surface area contributed by atoms with E-state index in [9.17, 15) is 9.18 Å². The van der Waals surface area contributed by atoms with Crippen LogP contribution in [0.25, 0.3) is 11.3 Å². The molecule has 0 aliphatic carbocycles. The molecule has 0 N–H and O–H groups in total. The second kappa shape index (κ2) is 8.60. The lowest BCUT2D eigenvalue weighted by Gasteiger charge is -2.31. The summed E-state index contributed by atoms with van der Waals surface area (Å²) in [6.45, 7) is 2.01. The number of carbonyl (C=O) groups is 1. The second-order valence-corrected chi connectivity index (χ2v) is 7.14. The topological polar surface area (TPSA) is 68.0 Å². The minimum absolute atomic E-state index is 0.0825. The minimum Gasteiger partial charge on any atom is -0.494 e. The quantitative estimate of drug-likeness (QED) is 0.754. The van der Waals surface area contributed by atoms with Gasteiger partial charge in [-0.05, 0) is 37.0 Å². The Bertz CT molecular complexity index is 829. The molecule has 152 valence electrons. The van der Waals surface area contributed by atoms with Gasteiger partial charge in [-0.15, -0.1) is 0 Å². The third-order valence-corrected chi connectivity index (χ3v) is 5.03. The van der Waals surface area contributed by atoms with Gasteiger partial charge in [0.15, 0.2) is 23.1 Å². The Kier molecular flexibility index (Phi) is 6.18. The van der Waals surface area contributed by atoms with Crippen molar-refractivity contribution >= 4 is 11.7 Å². The van der Waals surface area contributed by atoms with Gasteiger partial charge in [0.2, 0.25) is 0 Å². The number of anilines is 1. The Morgan fingerprint density at radius 2 is 2.04 bits per heavy atom. The van der Waals surface area contributed by atoms with E-state index in [1.54, 1.807) is 32.2 Å². The van der Waals surface area contributed by atoms with Gasteiger partial charge in [0.25, 0.3) is 5.91 Å².